The monoisotopic (exact) mass is 443 g/mol. The first kappa shape index (κ1) is 20.1. The Morgan fingerprint density at radius 1 is 1.16 bits per heavy atom. The zero-order chi connectivity index (χ0) is 22.1. The number of benzene rings is 2. The number of likely N-dealkylation sites (tertiary alicyclic amines) is 1. The number of para-hydroxylation sites is 1. The first-order valence-electron chi connectivity index (χ1n) is 9.91. The molecular formula is C22H19ClFN3O4. The van der Waals surface area contributed by atoms with Gasteiger partial charge in [-0.05, 0) is 30.7 Å². The van der Waals surface area contributed by atoms with Crippen LogP contribution in [-0.2, 0) is 26.5 Å². The summed E-state index contributed by atoms with van der Waals surface area (Å²) in [5.74, 6) is -3.87. The molecular weight excluding hydrogens is 425 g/mol. The lowest BCUT2D eigenvalue weighted by atomic mass is 9.76. The number of imide groups is 1. The van der Waals surface area contributed by atoms with Crippen molar-refractivity contribution in [1.29, 1.82) is 0 Å². The van der Waals surface area contributed by atoms with Crippen LogP contribution in [0.5, 0.6) is 0 Å². The number of nitrogens with one attached hydrogen (secondary N) is 2. The predicted molar refractivity (Wildman–Crippen MR) is 109 cm³/mol. The maximum Gasteiger partial charge on any atom is 0.250 e. The number of hydrogen-bond acceptors (Lipinski definition) is 5. The maximum absolute atomic E-state index is 13.5. The minimum absolute atomic E-state index is 0.0441. The predicted octanol–water partition coefficient (Wildman–Crippen LogP) is 1.78. The van der Waals surface area contributed by atoms with Gasteiger partial charge in [0.1, 0.15) is 11.4 Å². The van der Waals surface area contributed by atoms with E-state index in [-0.39, 0.29) is 6.54 Å². The fraction of sp³-hybridized carbons (Fsp3) is 0.318. The van der Waals surface area contributed by atoms with Gasteiger partial charge in [0.05, 0.1) is 35.2 Å². The van der Waals surface area contributed by atoms with Gasteiger partial charge >= 0.3 is 0 Å². The molecule has 5 atom stereocenters. The molecule has 2 aromatic carbocycles. The number of aliphatic hydroxyl groups excluding tert-OH is 1. The Morgan fingerprint density at radius 2 is 1.87 bits per heavy atom. The standard InChI is InChI=1S/C22H19ClFN3O4/c1-10(28)17-15-16(20(30)27(19(15)29)9-11-5-7-12(24)8-6-11)22(26-17)13-3-2-4-14(23)18(13)25-21(22)31/h2-8,10,15-17,26,28H,9H2,1H3,(H,25,31)/t10-,15-,16-,17-,22+/m0/s1. The van der Waals surface area contributed by atoms with Gasteiger partial charge in [0.25, 0.3) is 0 Å². The van der Waals surface area contributed by atoms with Crippen molar-refractivity contribution in [3.8, 4) is 0 Å². The lowest BCUT2D eigenvalue weighted by molar-refractivity contribution is -0.143. The van der Waals surface area contributed by atoms with Gasteiger partial charge in [-0.1, -0.05) is 35.9 Å². The quantitative estimate of drug-likeness (QED) is 0.628. The number of rotatable bonds is 3. The van der Waals surface area contributed by atoms with Gasteiger partial charge in [-0.2, -0.15) is 0 Å². The zero-order valence-corrected chi connectivity index (χ0v) is 17.2. The summed E-state index contributed by atoms with van der Waals surface area (Å²) in [5.41, 5.74) is -0.0635. The molecule has 0 unspecified atom stereocenters. The van der Waals surface area contributed by atoms with Crippen LogP contribution < -0.4 is 10.6 Å². The van der Waals surface area contributed by atoms with Crippen LogP contribution >= 0.6 is 11.6 Å². The number of carbonyl (C=O) groups is 3. The van der Waals surface area contributed by atoms with Crippen molar-refractivity contribution in [2.75, 3.05) is 5.32 Å². The number of aliphatic hydroxyl groups is 1. The first-order valence-corrected chi connectivity index (χ1v) is 10.3. The molecule has 3 aliphatic heterocycles. The van der Waals surface area contributed by atoms with Crippen LogP contribution in [-0.4, -0.2) is 39.9 Å². The summed E-state index contributed by atoms with van der Waals surface area (Å²) in [6.45, 7) is 1.47. The van der Waals surface area contributed by atoms with E-state index in [1.807, 2.05) is 0 Å². The highest BCUT2D eigenvalue weighted by Gasteiger charge is 2.71. The number of carbonyl (C=O) groups excluding carboxylic acids is 3. The number of amides is 3. The third-order valence-corrected chi connectivity index (χ3v) is 6.81. The van der Waals surface area contributed by atoms with Gasteiger partial charge in [-0.3, -0.25) is 24.6 Å². The molecule has 0 aliphatic carbocycles. The lowest BCUT2D eigenvalue weighted by Crippen LogP contribution is -2.54. The summed E-state index contributed by atoms with van der Waals surface area (Å²) in [5, 5.41) is 16.6. The van der Waals surface area contributed by atoms with Gasteiger partial charge in [0, 0.05) is 11.6 Å². The Kier molecular flexibility index (Phi) is 4.44. The normalized spacial score (nSPS) is 30.0. The van der Waals surface area contributed by atoms with Crippen LogP contribution in [0, 0.1) is 17.7 Å². The smallest absolute Gasteiger partial charge is 0.250 e. The summed E-state index contributed by atoms with van der Waals surface area (Å²) in [6.07, 6.45) is -0.995. The minimum atomic E-state index is -1.52. The molecule has 160 valence electrons. The third-order valence-electron chi connectivity index (χ3n) is 6.50. The second-order valence-corrected chi connectivity index (χ2v) is 8.63. The average molecular weight is 444 g/mol. The Balaban J connectivity index is 1.61. The van der Waals surface area contributed by atoms with Crippen molar-refractivity contribution in [2.24, 2.45) is 11.8 Å². The van der Waals surface area contributed by atoms with E-state index in [1.165, 1.54) is 31.2 Å². The van der Waals surface area contributed by atoms with Gasteiger partial charge in [0.15, 0.2) is 0 Å². The zero-order valence-electron chi connectivity index (χ0n) is 16.4. The van der Waals surface area contributed by atoms with E-state index in [4.69, 9.17) is 11.6 Å². The Bertz CT molecular complexity index is 1120. The topological polar surface area (TPSA) is 98.7 Å². The summed E-state index contributed by atoms with van der Waals surface area (Å²) in [7, 11) is 0. The van der Waals surface area contributed by atoms with Crippen LogP contribution in [0.3, 0.4) is 0 Å². The molecule has 5 rings (SSSR count). The van der Waals surface area contributed by atoms with Crippen LogP contribution in [0.2, 0.25) is 5.02 Å². The highest BCUT2D eigenvalue weighted by atomic mass is 35.5. The second kappa shape index (κ2) is 6.85. The van der Waals surface area contributed by atoms with Crippen LogP contribution in [0.1, 0.15) is 18.1 Å². The highest BCUT2D eigenvalue weighted by molar-refractivity contribution is 6.35. The summed E-state index contributed by atoms with van der Waals surface area (Å²) in [4.78, 5) is 41.2. The lowest BCUT2D eigenvalue weighted by Gasteiger charge is -2.30. The molecule has 1 spiro atoms. The van der Waals surface area contributed by atoms with Gasteiger partial charge in [-0.25, -0.2) is 4.39 Å². The third kappa shape index (κ3) is 2.68. The van der Waals surface area contributed by atoms with Crippen LogP contribution in [0.4, 0.5) is 10.1 Å². The summed E-state index contributed by atoms with van der Waals surface area (Å²) < 4.78 is 13.3. The largest absolute Gasteiger partial charge is 0.392 e. The van der Waals surface area contributed by atoms with E-state index in [1.54, 1.807) is 18.2 Å². The van der Waals surface area contributed by atoms with Crippen LogP contribution in [0.25, 0.3) is 0 Å². The molecule has 2 saturated heterocycles. The molecule has 3 amide bonds. The van der Waals surface area contributed by atoms with E-state index in [0.717, 1.165) is 4.90 Å². The Morgan fingerprint density at radius 3 is 2.55 bits per heavy atom. The number of nitrogens with zero attached hydrogens (tertiary/aromatic N) is 1. The SMILES string of the molecule is C[C@H](O)[C@@H]1N[C@@]2(C(=O)Nc3c(Cl)cccc32)[C@@H]2C(=O)N(Cc3ccc(F)cc3)C(=O)[C@H]12. The van der Waals surface area contributed by atoms with Crippen molar-refractivity contribution in [3.05, 3.63) is 64.4 Å². The molecule has 3 aliphatic rings. The first-order chi connectivity index (χ1) is 14.8. The fourth-order valence-corrected chi connectivity index (χ4v) is 5.35. The summed E-state index contributed by atoms with van der Waals surface area (Å²) >= 11 is 6.27. The number of anilines is 1. The van der Waals surface area contributed by atoms with E-state index >= 15 is 0 Å². The molecule has 3 N–H and O–H groups in total. The molecule has 2 aromatic rings. The van der Waals surface area contributed by atoms with Crippen molar-refractivity contribution < 1.29 is 23.9 Å². The van der Waals surface area contributed by atoms with Crippen LogP contribution in [0.15, 0.2) is 42.5 Å². The molecule has 31 heavy (non-hydrogen) atoms. The maximum atomic E-state index is 13.5. The number of fused-ring (bicyclic) bond motifs is 4. The number of hydrogen-bond donors (Lipinski definition) is 3. The van der Waals surface area contributed by atoms with Gasteiger partial charge in [0.2, 0.25) is 17.7 Å². The van der Waals surface area contributed by atoms with E-state index < -0.39 is 53.1 Å². The van der Waals surface area contributed by atoms with Gasteiger partial charge < -0.3 is 10.4 Å². The second-order valence-electron chi connectivity index (χ2n) is 8.23. The van der Waals surface area contributed by atoms with E-state index in [0.29, 0.717) is 21.8 Å². The Labute approximate surface area is 182 Å². The molecule has 0 saturated carbocycles. The molecule has 0 radical (unpaired) electrons. The fourth-order valence-electron chi connectivity index (χ4n) is 5.13. The van der Waals surface area contributed by atoms with E-state index in [9.17, 15) is 23.9 Å². The average Bonchev–Trinajstić information content (AvgIpc) is 3.32. The molecule has 0 bridgehead atoms. The van der Waals surface area contributed by atoms with Crippen molar-refractivity contribution in [2.45, 2.75) is 31.2 Å². The van der Waals surface area contributed by atoms with Crippen molar-refractivity contribution in [3.63, 3.8) is 0 Å². The number of halogens is 2. The molecule has 2 fully saturated rings. The van der Waals surface area contributed by atoms with Gasteiger partial charge in [-0.15, -0.1) is 0 Å². The summed E-state index contributed by atoms with van der Waals surface area (Å²) in [6, 6.07) is 9.69. The molecule has 0 aromatic heterocycles. The van der Waals surface area contributed by atoms with E-state index in [2.05, 4.69) is 10.6 Å². The minimum Gasteiger partial charge on any atom is -0.392 e. The highest BCUT2D eigenvalue weighted by Crippen LogP contribution is 2.54. The molecule has 3 heterocycles. The molecule has 7 nitrogen and oxygen atoms in total. The van der Waals surface area contributed by atoms with Crippen molar-refractivity contribution >= 4 is 35.0 Å². The molecule has 9 heteroatoms. The van der Waals surface area contributed by atoms with Crippen molar-refractivity contribution in [1.82, 2.24) is 10.2 Å². The Hall–Kier alpha value is -2.81.